The first-order valence-corrected chi connectivity index (χ1v) is 7.35. The largest absolute Gasteiger partial charge is 0.392 e. The molecule has 0 amide bonds. The number of para-hydroxylation sites is 1. The number of unbranched alkanes of at least 4 members (excludes halogenated alkanes) is 1. The van der Waals surface area contributed by atoms with Crippen LogP contribution in [0.25, 0.3) is 0 Å². The standard InChI is InChI=1S/C18H23NO/c1-2-3-12-17(15-9-5-4-6-10-15)19-18-13-8-7-11-16(18)14-20/h4-11,13,17,19-20H,2-3,12,14H2,1H3. The lowest BCUT2D eigenvalue weighted by Gasteiger charge is -2.22. The van der Waals surface area contributed by atoms with Crippen LogP contribution in [0.2, 0.25) is 0 Å². The van der Waals surface area contributed by atoms with Crippen molar-refractivity contribution in [3.8, 4) is 0 Å². The average molecular weight is 269 g/mol. The fraction of sp³-hybridized carbons (Fsp3) is 0.333. The smallest absolute Gasteiger partial charge is 0.0701 e. The molecule has 0 aliphatic rings. The highest BCUT2D eigenvalue weighted by Crippen LogP contribution is 2.26. The van der Waals surface area contributed by atoms with E-state index in [-0.39, 0.29) is 6.61 Å². The highest BCUT2D eigenvalue weighted by atomic mass is 16.3. The molecule has 0 heterocycles. The van der Waals surface area contributed by atoms with E-state index in [9.17, 15) is 5.11 Å². The monoisotopic (exact) mass is 269 g/mol. The van der Waals surface area contributed by atoms with Gasteiger partial charge in [0, 0.05) is 11.3 Å². The Morgan fingerprint density at radius 1 is 1.00 bits per heavy atom. The molecule has 0 saturated heterocycles. The van der Waals surface area contributed by atoms with Gasteiger partial charge in [0.25, 0.3) is 0 Å². The van der Waals surface area contributed by atoms with Crippen LogP contribution in [0.5, 0.6) is 0 Å². The van der Waals surface area contributed by atoms with Crippen LogP contribution in [0.15, 0.2) is 54.6 Å². The molecular formula is C18H23NO. The van der Waals surface area contributed by atoms with Crippen molar-refractivity contribution in [1.29, 1.82) is 0 Å². The molecule has 1 unspecified atom stereocenters. The predicted octanol–water partition coefficient (Wildman–Crippen LogP) is 4.52. The fourth-order valence-corrected chi connectivity index (χ4v) is 2.40. The molecule has 0 spiro atoms. The van der Waals surface area contributed by atoms with Crippen molar-refractivity contribution in [2.45, 2.75) is 38.8 Å². The van der Waals surface area contributed by atoms with E-state index < -0.39 is 0 Å². The molecule has 2 aromatic carbocycles. The Labute approximate surface area is 121 Å². The van der Waals surface area contributed by atoms with E-state index in [1.54, 1.807) is 0 Å². The molecule has 106 valence electrons. The number of aliphatic hydroxyl groups is 1. The van der Waals surface area contributed by atoms with Gasteiger partial charge in [-0.1, -0.05) is 68.3 Å². The Bertz CT molecular complexity index is 510. The van der Waals surface area contributed by atoms with Crippen LogP contribution in [0.3, 0.4) is 0 Å². The minimum Gasteiger partial charge on any atom is -0.392 e. The Balaban J connectivity index is 2.19. The van der Waals surface area contributed by atoms with Crippen LogP contribution in [0.4, 0.5) is 5.69 Å². The third-order valence-electron chi connectivity index (χ3n) is 3.57. The second-order valence-corrected chi connectivity index (χ2v) is 5.07. The maximum atomic E-state index is 9.44. The molecule has 0 radical (unpaired) electrons. The first-order valence-electron chi connectivity index (χ1n) is 7.35. The van der Waals surface area contributed by atoms with Gasteiger partial charge in [0.15, 0.2) is 0 Å². The number of nitrogens with one attached hydrogen (secondary N) is 1. The molecule has 0 bridgehead atoms. The van der Waals surface area contributed by atoms with E-state index in [0.29, 0.717) is 6.04 Å². The molecule has 2 aromatic rings. The number of benzene rings is 2. The van der Waals surface area contributed by atoms with Crippen LogP contribution >= 0.6 is 0 Å². The van der Waals surface area contributed by atoms with E-state index in [4.69, 9.17) is 0 Å². The normalized spacial score (nSPS) is 12.1. The summed E-state index contributed by atoms with van der Waals surface area (Å²) in [5.41, 5.74) is 3.28. The van der Waals surface area contributed by atoms with Crippen molar-refractivity contribution in [1.82, 2.24) is 0 Å². The van der Waals surface area contributed by atoms with Crippen molar-refractivity contribution in [2.24, 2.45) is 0 Å². The minimum absolute atomic E-state index is 0.0679. The second kappa shape index (κ2) is 7.71. The summed E-state index contributed by atoms with van der Waals surface area (Å²) in [4.78, 5) is 0. The lowest BCUT2D eigenvalue weighted by Crippen LogP contribution is -2.12. The highest BCUT2D eigenvalue weighted by Gasteiger charge is 2.12. The van der Waals surface area contributed by atoms with Gasteiger partial charge in [-0.05, 0) is 18.1 Å². The Kier molecular flexibility index (Phi) is 5.63. The molecule has 0 fully saturated rings. The van der Waals surface area contributed by atoms with Crippen LogP contribution in [0.1, 0.15) is 43.4 Å². The third-order valence-corrected chi connectivity index (χ3v) is 3.57. The SMILES string of the molecule is CCCCC(Nc1ccccc1CO)c1ccccc1. The minimum atomic E-state index is 0.0679. The van der Waals surface area contributed by atoms with E-state index in [1.807, 2.05) is 30.3 Å². The zero-order valence-electron chi connectivity index (χ0n) is 12.0. The zero-order valence-corrected chi connectivity index (χ0v) is 12.0. The lowest BCUT2D eigenvalue weighted by molar-refractivity contribution is 0.282. The third kappa shape index (κ3) is 3.84. The van der Waals surface area contributed by atoms with Gasteiger partial charge in [0.2, 0.25) is 0 Å². The Hall–Kier alpha value is -1.80. The van der Waals surface area contributed by atoms with Crippen molar-refractivity contribution >= 4 is 5.69 Å². The molecule has 2 heteroatoms. The van der Waals surface area contributed by atoms with Gasteiger partial charge in [0.1, 0.15) is 0 Å². The number of hydrogen-bond acceptors (Lipinski definition) is 2. The highest BCUT2D eigenvalue weighted by molar-refractivity contribution is 5.52. The van der Waals surface area contributed by atoms with E-state index in [0.717, 1.165) is 17.7 Å². The molecule has 0 aliphatic carbocycles. The van der Waals surface area contributed by atoms with Crippen molar-refractivity contribution in [2.75, 3.05) is 5.32 Å². The molecule has 2 rings (SSSR count). The van der Waals surface area contributed by atoms with Crippen molar-refractivity contribution in [3.05, 3.63) is 65.7 Å². The second-order valence-electron chi connectivity index (χ2n) is 5.07. The topological polar surface area (TPSA) is 32.3 Å². The summed E-state index contributed by atoms with van der Waals surface area (Å²) in [5.74, 6) is 0. The van der Waals surface area contributed by atoms with Crippen LogP contribution < -0.4 is 5.32 Å². The number of aliphatic hydroxyl groups excluding tert-OH is 1. The summed E-state index contributed by atoms with van der Waals surface area (Å²) in [7, 11) is 0. The number of rotatable bonds is 7. The fourth-order valence-electron chi connectivity index (χ4n) is 2.40. The van der Waals surface area contributed by atoms with Gasteiger partial charge in [-0.3, -0.25) is 0 Å². The summed E-state index contributed by atoms with van der Waals surface area (Å²) in [6.07, 6.45) is 3.47. The van der Waals surface area contributed by atoms with Gasteiger partial charge >= 0.3 is 0 Å². The molecule has 0 saturated carbocycles. The quantitative estimate of drug-likeness (QED) is 0.774. The number of anilines is 1. The van der Waals surface area contributed by atoms with E-state index in [1.165, 1.54) is 18.4 Å². The van der Waals surface area contributed by atoms with Gasteiger partial charge in [-0.15, -0.1) is 0 Å². The van der Waals surface area contributed by atoms with Gasteiger partial charge in [-0.2, -0.15) is 0 Å². The number of hydrogen-bond donors (Lipinski definition) is 2. The average Bonchev–Trinajstić information content (AvgIpc) is 2.52. The summed E-state index contributed by atoms with van der Waals surface area (Å²) >= 11 is 0. The molecule has 0 aliphatic heterocycles. The molecule has 1 atom stereocenters. The maximum Gasteiger partial charge on any atom is 0.0701 e. The van der Waals surface area contributed by atoms with Gasteiger partial charge < -0.3 is 10.4 Å². The summed E-state index contributed by atoms with van der Waals surface area (Å²) in [6.45, 7) is 2.28. The van der Waals surface area contributed by atoms with Gasteiger partial charge in [0.05, 0.1) is 12.6 Å². The molecule has 0 aromatic heterocycles. The first-order chi connectivity index (χ1) is 9.85. The molecule has 20 heavy (non-hydrogen) atoms. The Morgan fingerprint density at radius 3 is 2.40 bits per heavy atom. The first kappa shape index (κ1) is 14.6. The van der Waals surface area contributed by atoms with Crippen LogP contribution in [-0.2, 0) is 6.61 Å². The van der Waals surface area contributed by atoms with Crippen LogP contribution in [0, 0.1) is 0 Å². The summed E-state index contributed by atoms with van der Waals surface area (Å²) in [5, 5.41) is 13.0. The molecule has 2 N–H and O–H groups in total. The van der Waals surface area contributed by atoms with Crippen LogP contribution in [-0.4, -0.2) is 5.11 Å². The van der Waals surface area contributed by atoms with E-state index in [2.05, 4.69) is 36.5 Å². The Morgan fingerprint density at radius 2 is 1.70 bits per heavy atom. The summed E-state index contributed by atoms with van der Waals surface area (Å²) in [6, 6.07) is 18.8. The summed E-state index contributed by atoms with van der Waals surface area (Å²) < 4.78 is 0. The zero-order chi connectivity index (χ0) is 14.2. The maximum absolute atomic E-state index is 9.44. The van der Waals surface area contributed by atoms with Crippen molar-refractivity contribution < 1.29 is 5.11 Å². The van der Waals surface area contributed by atoms with Gasteiger partial charge in [-0.25, -0.2) is 0 Å². The predicted molar refractivity (Wildman–Crippen MR) is 84.7 cm³/mol. The molecular weight excluding hydrogens is 246 g/mol. The molecule has 2 nitrogen and oxygen atoms in total. The van der Waals surface area contributed by atoms with Crippen molar-refractivity contribution in [3.63, 3.8) is 0 Å². The lowest BCUT2D eigenvalue weighted by atomic mass is 10.00. The van der Waals surface area contributed by atoms with E-state index >= 15 is 0 Å².